The van der Waals surface area contributed by atoms with Crippen LogP contribution in [0.5, 0.6) is 0 Å². The Hall–Kier alpha value is -0.230. The van der Waals surface area contributed by atoms with Gasteiger partial charge in [0.25, 0.3) is 0 Å². The maximum Gasteiger partial charge on any atom is 0.0772 e. The van der Waals surface area contributed by atoms with Crippen LogP contribution in [0.25, 0.3) is 6.08 Å². The van der Waals surface area contributed by atoms with Gasteiger partial charge in [0.2, 0.25) is 0 Å². The lowest BCUT2D eigenvalue weighted by Gasteiger charge is -2.05. The summed E-state index contributed by atoms with van der Waals surface area (Å²) in [4.78, 5) is 4.34. The molecule has 0 aliphatic carbocycles. The van der Waals surface area contributed by atoms with E-state index >= 15 is 0 Å². The van der Waals surface area contributed by atoms with Gasteiger partial charge in [0, 0.05) is 35.3 Å². The van der Waals surface area contributed by atoms with Gasteiger partial charge < -0.3 is 10.1 Å². The number of hydrogen-bond acceptors (Lipinski definition) is 3. The van der Waals surface area contributed by atoms with Crippen molar-refractivity contribution < 1.29 is 4.74 Å². The van der Waals surface area contributed by atoms with Gasteiger partial charge in [0.15, 0.2) is 0 Å². The molecule has 0 fully saturated rings. The van der Waals surface area contributed by atoms with E-state index in [0.29, 0.717) is 0 Å². The van der Waals surface area contributed by atoms with E-state index in [4.69, 9.17) is 4.74 Å². The molecule has 1 N–H and O–H groups in total. The smallest absolute Gasteiger partial charge is 0.0772 e. The summed E-state index contributed by atoms with van der Waals surface area (Å²) in [6.45, 7) is 4.51. The molecule has 0 aliphatic rings. The van der Waals surface area contributed by atoms with Crippen molar-refractivity contribution >= 4 is 37.9 Å². The van der Waals surface area contributed by atoms with Crippen LogP contribution in [-0.4, -0.2) is 31.8 Å². The topological polar surface area (TPSA) is 34.1 Å². The van der Waals surface area contributed by atoms with Crippen LogP contribution in [0.4, 0.5) is 0 Å². The number of methoxy groups -OCH3 is 1. The Balaban J connectivity index is 2.55. The minimum Gasteiger partial charge on any atom is -0.383 e. The molecule has 0 amide bonds. The predicted molar refractivity (Wildman–Crippen MR) is 78.0 cm³/mol. The molecule has 0 aliphatic heterocycles. The summed E-state index contributed by atoms with van der Waals surface area (Å²) in [6, 6.07) is 1.99. The van der Waals surface area contributed by atoms with Crippen molar-refractivity contribution in [2.24, 2.45) is 0 Å². The number of ether oxygens (including phenoxy) is 1. The summed E-state index contributed by atoms with van der Waals surface area (Å²) in [5.41, 5.74) is 2.18. The molecule has 1 aromatic heterocycles. The van der Waals surface area contributed by atoms with Gasteiger partial charge in [-0.15, -0.1) is 0 Å². The molecule has 0 bridgehead atoms. The maximum atomic E-state index is 4.97. The molecule has 0 aromatic carbocycles. The van der Waals surface area contributed by atoms with Crippen molar-refractivity contribution in [3.63, 3.8) is 0 Å². The van der Waals surface area contributed by atoms with E-state index in [1.165, 1.54) is 5.57 Å². The third kappa shape index (κ3) is 5.77. The second kappa shape index (κ2) is 7.97. The summed E-state index contributed by atoms with van der Waals surface area (Å²) >= 11 is 6.87. The van der Waals surface area contributed by atoms with E-state index < -0.39 is 0 Å². The first-order valence-corrected chi connectivity index (χ1v) is 6.90. The van der Waals surface area contributed by atoms with E-state index in [0.717, 1.165) is 34.3 Å². The van der Waals surface area contributed by atoms with Gasteiger partial charge in [-0.1, -0.05) is 5.57 Å². The number of aromatic nitrogens is 1. The number of nitrogens with zero attached hydrogens (tertiary/aromatic N) is 1. The van der Waals surface area contributed by atoms with E-state index in [2.05, 4.69) is 55.2 Å². The van der Waals surface area contributed by atoms with Crippen molar-refractivity contribution in [2.45, 2.75) is 6.92 Å². The van der Waals surface area contributed by atoms with Crippen LogP contribution in [0.15, 0.2) is 26.8 Å². The Morgan fingerprint density at radius 1 is 1.53 bits per heavy atom. The highest BCUT2D eigenvalue weighted by molar-refractivity contribution is 9.11. The number of nitrogens with one attached hydrogen (secondary N) is 1. The summed E-state index contributed by atoms with van der Waals surface area (Å²) in [7, 11) is 1.70. The van der Waals surface area contributed by atoms with Crippen molar-refractivity contribution in [3.05, 3.63) is 32.5 Å². The van der Waals surface area contributed by atoms with Crippen LogP contribution in [0.1, 0.15) is 12.6 Å². The lowest BCUT2D eigenvalue weighted by atomic mass is 10.2. The van der Waals surface area contributed by atoms with E-state index in [1.807, 2.05) is 6.07 Å². The van der Waals surface area contributed by atoms with Crippen molar-refractivity contribution in [1.82, 2.24) is 10.3 Å². The molecule has 0 unspecified atom stereocenters. The molecule has 0 spiro atoms. The molecule has 1 heterocycles. The van der Waals surface area contributed by atoms with Gasteiger partial charge in [-0.3, -0.25) is 4.98 Å². The second-order valence-electron chi connectivity index (χ2n) is 3.68. The fourth-order valence-electron chi connectivity index (χ4n) is 1.28. The van der Waals surface area contributed by atoms with Crippen LogP contribution in [0, 0.1) is 0 Å². The highest BCUT2D eigenvalue weighted by atomic mass is 79.9. The van der Waals surface area contributed by atoms with Gasteiger partial charge in [-0.25, -0.2) is 0 Å². The first-order valence-electron chi connectivity index (χ1n) is 5.31. The molecule has 0 radical (unpaired) electrons. The van der Waals surface area contributed by atoms with Crippen LogP contribution >= 0.6 is 31.9 Å². The SMILES string of the molecule is COCCNCC(C)=Cc1ncc(Br)cc1Br. The average molecular weight is 364 g/mol. The molecule has 17 heavy (non-hydrogen) atoms. The summed E-state index contributed by atoms with van der Waals surface area (Å²) < 4.78 is 6.93. The minimum absolute atomic E-state index is 0.730. The molecule has 0 saturated carbocycles. The third-order valence-electron chi connectivity index (χ3n) is 2.11. The van der Waals surface area contributed by atoms with Gasteiger partial charge >= 0.3 is 0 Å². The lowest BCUT2D eigenvalue weighted by molar-refractivity contribution is 0.200. The zero-order valence-corrected chi connectivity index (χ0v) is 13.1. The molecule has 0 saturated heterocycles. The Morgan fingerprint density at radius 2 is 2.29 bits per heavy atom. The highest BCUT2D eigenvalue weighted by Crippen LogP contribution is 2.21. The van der Waals surface area contributed by atoms with Crippen molar-refractivity contribution in [3.8, 4) is 0 Å². The molecule has 1 aromatic rings. The lowest BCUT2D eigenvalue weighted by Crippen LogP contribution is -2.20. The van der Waals surface area contributed by atoms with Gasteiger partial charge in [0.05, 0.1) is 12.3 Å². The zero-order chi connectivity index (χ0) is 12.7. The summed E-state index contributed by atoms with van der Waals surface area (Å²) in [6.07, 6.45) is 3.86. The molecular formula is C12H16Br2N2O. The quantitative estimate of drug-likeness (QED) is 0.788. The van der Waals surface area contributed by atoms with Crippen LogP contribution in [0.3, 0.4) is 0 Å². The van der Waals surface area contributed by atoms with E-state index in [9.17, 15) is 0 Å². The average Bonchev–Trinajstić information content (AvgIpc) is 2.28. The van der Waals surface area contributed by atoms with Gasteiger partial charge in [-0.2, -0.15) is 0 Å². The largest absolute Gasteiger partial charge is 0.383 e. The van der Waals surface area contributed by atoms with Crippen molar-refractivity contribution in [2.75, 3.05) is 26.8 Å². The number of hydrogen-bond donors (Lipinski definition) is 1. The molecular weight excluding hydrogens is 348 g/mol. The predicted octanol–water partition coefficient (Wildman–Crippen LogP) is 3.25. The van der Waals surface area contributed by atoms with E-state index in [-0.39, 0.29) is 0 Å². The maximum absolute atomic E-state index is 4.97. The van der Waals surface area contributed by atoms with E-state index in [1.54, 1.807) is 13.3 Å². The zero-order valence-electron chi connectivity index (χ0n) is 9.96. The van der Waals surface area contributed by atoms with Gasteiger partial charge in [-0.05, 0) is 50.9 Å². The highest BCUT2D eigenvalue weighted by Gasteiger charge is 2.00. The first-order chi connectivity index (χ1) is 8.13. The normalized spacial score (nSPS) is 11.9. The Bertz CT molecular complexity index is 394. The number of rotatable bonds is 6. The first kappa shape index (κ1) is 14.8. The Kier molecular flexibility index (Phi) is 6.96. The molecule has 0 atom stereocenters. The van der Waals surface area contributed by atoms with Gasteiger partial charge in [0.1, 0.15) is 0 Å². The molecule has 94 valence electrons. The fourth-order valence-corrected chi connectivity index (χ4v) is 2.38. The van der Waals surface area contributed by atoms with Crippen LogP contribution in [0.2, 0.25) is 0 Å². The summed E-state index contributed by atoms with van der Waals surface area (Å²) in [5, 5.41) is 3.29. The van der Waals surface area contributed by atoms with Crippen LogP contribution < -0.4 is 5.32 Å². The standard InChI is InChI=1S/C12H16Br2N2O/c1-9(7-15-3-4-17-2)5-12-11(14)6-10(13)8-16-12/h5-6,8,15H,3-4,7H2,1-2H3. The third-order valence-corrected chi connectivity index (χ3v) is 3.18. The Morgan fingerprint density at radius 3 is 2.94 bits per heavy atom. The fraction of sp³-hybridized carbons (Fsp3) is 0.417. The molecule has 3 nitrogen and oxygen atoms in total. The van der Waals surface area contributed by atoms with Crippen molar-refractivity contribution in [1.29, 1.82) is 0 Å². The minimum atomic E-state index is 0.730. The Labute approximate surface area is 119 Å². The monoisotopic (exact) mass is 362 g/mol. The molecule has 5 heteroatoms. The summed E-state index contributed by atoms with van der Waals surface area (Å²) in [5.74, 6) is 0. The number of halogens is 2. The second-order valence-corrected chi connectivity index (χ2v) is 5.45. The van der Waals surface area contributed by atoms with Crippen LogP contribution in [-0.2, 0) is 4.74 Å². The molecule has 1 rings (SSSR count). The number of pyridine rings is 1.